The number of ether oxygens (including phenoxy) is 1. The molecule has 0 aliphatic rings. The molecule has 7 nitrogen and oxygen atoms in total. The lowest BCUT2D eigenvalue weighted by atomic mass is 10.2. The number of nitrogens with zero attached hydrogens (tertiary/aromatic N) is 1. The number of halogens is 1. The molecule has 0 saturated heterocycles. The zero-order chi connectivity index (χ0) is 21.6. The molecule has 0 bridgehead atoms. The van der Waals surface area contributed by atoms with Crippen molar-refractivity contribution >= 4 is 33.2 Å². The zero-order valence-electron chi connectivity index (χ0n) is 16.1. The van der Waals surface area contributed by atoms with Gasteiger partial charge >= 0.3 is 0 Å². The first-order valence-electron chi connectivity index (χ1n) is 9.12. The van der Waals surface area contributed by atoms with E-state index in [0.717, 1.165) is 0 Å². The van der Waals surface area contributed by atoms with Gasteiger partial charge in [0.25, 0.3) is 5.91 Å². The number of pyridine rings is 1. The van der Waals surface area contributed by atoms with Gasteiger partial charge in [-0.25, -0.2) is 13.1 Å². The van der Waals surface area contributed by atoms with Crippen LogP contribution in [0.5, 0.6) is 5.75 Å². The van der Waals surface area contributed by atoms with E-state index in [2.05, 4.69) is 15.0 Å². The predicted octanol–water partition coefficient (Wildman–Crippen LogP) is 3.86. The minimum absolute atomic E-state index is 0.00621. The van der Waals surface area contributed by atoms with E-state index in [0.29, 0.717) is 28.6 Å². The Labute approximate surface area is 180 Å². The van der Waals surface area contributed by atoms with Crippen LogP contribution >= 0.6 is 11.6 Å². The average molecular weight is 446 g/mol. The van der Waals surface area contributed by atoms with Gasteiger partial charge in [0.15, 0.2) is 0 Å². The summed E-state index contributed by atoms with van der Waals surface area (Å²) in [6, 6.07) is 15.9. The molecule has 0 aliphatic heterocycles. The molecule has 9 heteroatoms. The fourth-order valence-electron chi connectivity index (χ4n) is 2.61. The molecule has 2 N–H and O–H groups in total. The standard InChI is InChI=1S/C21H20ClN3O4S/c1-2-29-20-11-10-18(30(27,28)24-14-17-5-3-4-12-23-17)13-19(20)25-21(26)15-6-8-16(22)9-7-15/h3-13,24H,2,14H2,1H3,(H,25,26). The molecule has 3 aromatic rings. The molecule has 0 fully saturated rings. The van der Waals surface area contributed by atoms with Crippen LogP contribution in [-0.2, 0) is 16.6 Å². The van der Waals surface area contributed by atoms with Gasteiger partial charge < -0.3 is 10.1 Å². The fourth-order valence-corrected chi connectivity index (χ4v) is 3.76. The predicted molar refractivity (Wildman–Crippen MR) is 115 cm³/mol. The highest BCUT2D eigenvalue weighted by Gasteiger charge is 2.18. The number of rotatable bonds is 8. The summed E-state index contributed by atoms with van der Waals surface area (Å²) in [6.07, 6.45) is 1.59. The first kappa shape index (κ1) is 21.8. The Morgan fingerprint density at radius 2 is 1.87 bits per heavy atom. The molecule has 30 heavy (non-hydrogen) atoms. The molecule has 0 radical (unpaired) electrons. The molecule has 3 rings (SSSR count). The van der Waals surface area contributed by atoms with Crippen LogP contribution in [0.1, 0.15) is 23.0 Å². The van der Waals surface area contributed by atoms with E-state index in [1.807, 2.05) is 0 Å². The quantitative estimate of drug-likeness (QED) is 0.548. The third kappa shape index (κ3) is 5.56. The SMILES string of the molecule is CCOc1ccc(S(=O)(=O)NCc2ccccn2)cc1NC(=O)c1ccc(Cl)cc1. The number of hydrogen-bond donors (Lipinski definition) is 2. The van der Waals surface area contributed by atoms with Crippen molar-refractivity contribution in [3.8, 4) is 5.75 Å². The lowest BCUT2D eigenvalue weighted by Crippen LogP contribution is -2.24. The Bertz CT molecular complexity index is 1120. The number of nitrogens with one attached hydrogen (secondary N) is 2. The van der Waals surface area contributed by atoms with Gasteiger partial charge in [-0.2, -0.15) is 0 Å². The highest BCUT2D eigenvalue weighted by atomic mass is 35.5. The van der Waals surface area contributed by atoms with Gasteiger partial charge in [-0.1, -0.05) is 17.7 Å². The van der Waals surface area contributed by atoms with E-state index in [-0.39, 0.29) is 17.1 Å². The highest BCUT2D eigenvalue weighted by molar-refractivity contribution is 7.89. The van der Waals surface area contributed by atoms with E-state index < -0.39 is 15.9 Å². The van der Waals surface area contributed by atoms with Crippen molar-refractivity contribution in [2.24, 2.45) is 0 Å². The van der Waals surface area contributed by atoms with Crippen LogP contribution in [0, 0.1) is 0 Å². The number of carbonyl (C=O) groups excluding carboxylic acids is 1. The van der Waals surface area contributed by atoms with Gasteiger partial charge in [0.2, 0.25) is 10.0 Å². The molecule has 1 amide bonds. The fraction of sp³-hybridized carbons (Fsp3) is 0.143. The first-order chi connectivity index (χ1) is 14.4. The van der Waals surface area contributed by atoms with E-state index in [4.69, 9.17) is 16.3 Å². The highest BCUT2D eigenvalue weighted by Crippen LogP contribution is 2.28. The largest absolute Gasteiger partial charge is 0.492 e. The minimum atomic E-state index is -3.83. The summed E-state index contributed by atoms with van der Waals surface area (Å²) in [5.74, 6) is -0.0490. The molecule has 2 aromatic carbocycles. The lowest BCUT2D eigenvalue weighted by Gasteiger charge is -2.14. The second-order valence-corrected chi connectivity index (χ2v) is 8.40. The third-order valence-corrected chi connectivity index (χ3v) is 5.74. The molecule has 1 aromatic heterocycles. The van der Waals surface area contributed by atoms with Crippen LogP contribution in [0.15, 0.2) is 71.8 Å². The van der Waals surface area contributed by atoms with Gasteiger partial charge in [0, 0.05) is 16.8 Å². The van der Waals surface area contributed by atoms with Gasteiger partial charge in [-0.15, -0.1) is 0 Å². The Morgan fingerprint density at radius 1 is 1.10 bits per heavy atom. The molecule has 0 atom stereocenters. The summed E-state index contributed by atoms with van der Waals surface area (Å²) in [6.45, 7) is 2.19. The van der Waals surface area contributed by atoms with Crippen molar-refractivity contribution in [1.82, 2.24) is 9.71 Å². The minimum Gasteiger partial charge on any atom is -0.492 e. The molecule has 0 aliphatic carbocycles. The van der Waals surface area contributed by atoms with Crippen LogP contribution in [0.25, 0.3) is 0 Å². The first-order valence-corrected chi connectivity index (χ1v) is 11.0. The molecule has 1 heterocycles. The summed E-state index contributed by atoms with van der Waals surface area (Å²) in [7, 11) is -3.83. The Kier molecular flexibility index (Phi) is 7.04. The number of amides is 1. The summed E-state index contributed by atoms with van der Waals surface area (Å²) in [5, 5.41) is 3.21. The average Bonchev–Trinajstić information content (AvgIpc) is 2.75. The number of sulfonamides is 1. The van der Waals surface area contributed by atoms with E-state index in [9.17, 15) is 13.2 Å². The van der Waals surface area contributed by atoms with Crippen molar-refractivity contribution in [3.63, 3.8) is 0 Å². The molecule has 0 saturated carbocycles. The van der Waals surface area contributed by atoms with Crippen molar-refractivity contribution in [2.75, 3.05) is 11.9 Å². The van der Waals surface area contributed by atoms with E-state index >= 15 is 0 Å². The molecular weight excluding hydrogens is 426 g/mol. The smallest absolute Gasteiger partial charge is 0.255 e. The monoisotopic (exact) mass is 445 g/mol. The summed E-state index contributed by atoms with van der Waals surface area (Å²) >= 11 is 5.86. The molecular formula is C21H20ClN3O4S. The maximum atomic E-state index is 12.7. The van der Waals surface area contributed by atoms with Crippen LogP contribution < -0.4 is 14.8 Å². The Morgan fingerprint density at radius 3 is 2.53 bits per heavy atom. The molecule has 0 spiro atoms. The summed E-state index contributed by atoms with van der Waals surface area (Å²) in [4.78, 5) is 16.7. The Hall–Kier alpha value is -2.94. The molecule has 156 valence electrons. The van der Waals surface area contributed by atoms with Crippen molar-refractivity contribution < 1.29 is 17.9 Å². The van der Waals surface area contributed by atoms with Crippen LogP contribution in [0.3, 0.4) is 0 Å². The number of anilines is 1. The van der Waals surface area contributed by atoms with Crippen LogP contribution in [-0.4, -0.2) is 25.9 Å². The maximum absolute atomic E-state index is 12.7. The third-order valence-electron chi connectivity index (χ3n) is 4.09. The van der Waals surface area contributed by atoms with Gasteiger partial charge in [0.05, 0.1) is 29.4 Å². The summed E-state index contributed by atoms with van der Waals surface area (Å²) in [5.41, 5.74) is 1.21. The van der Waals surface area contributed by atoms with Crippen LogP contribution in [0.4, 0.5) is 5.69 Å². The van der Waals surface area contributed by atoms with Crippen molar-refractivity contribution in [3.05, 3.63) is 83.1 Å². The second kappa shape index (κ2) is 9.71. The molecule has 0 unspecified atom stereocenters. The lowest BCUT2D eigenvalue weighted by molar-refractivity contribution is 0.102. The number of benzene rings is 2. The maximum Gasteiger partial charge on any atom is 0.255 e. The zero-order valence-corrected chi connectivity index (χ0v) is 17.7. The van der Waals surface area contributed by atoms with Crippen molar-refractivity contribution in [2.45, 2.75) is 18.4 Å². The second-order valence-electron chi connectivity index (χ2n) is 6.20. The summed E-state index contributed by atoms with van der Waals surface area (Å²) < 4.78 is 33.5. The van der Waals surface area contributed by atoms with Crippen molar-refractivity contribution in [1.29, 1.82) is 0 Å². The topological polar surface area (TPSA) is 97.4 Å². The van der Waals surface area contributed by atoms with Gasteiger partial charge in [-0.05, 0) is 61.5 Å². The Balaban J connectivity index is 1.84. The normalized spacial score (nSPS) is 11.1. The van der Waals surface area contributed by atoms with E-state index in [1.165, 1.54) is 18.2 Å². The van der Waals surface area contributed by atoms with Gasteiger partial charge in [0.1, 0.15) is 5.75 Å². The van der Waals surface area contributed by atoms with Crippen LogP contribution in [0.2, 0.25) is 5.02 Å². The van der Waals surface area contributed by atoms with Gasteiger partial charge in [-0.3, -0.25) is 9.78 Å². The number of aromatic nitrogens is 1. The number of hydrogen-bond acceptors (Lipinski definition) is 5. The van der Waals surface area contributed by atoms with E-state index in [1.54, 1.807) is 55.6 Å². The number of carbonyl (C=O) groups is 1.